The van der Waals surface area contributed by atoms with E-state index < -0.39 is 11.7 Å². The Balaban J connectivity index is 2.20. The van der Waals surface area contributed by atoms with Crippen molar-refractivity contribution in [3.63, 3.8) is 0 Å². The molecule has 4 heteroatoms. The molecule has 0 unspecified atom stereocenters. The lowest BCUT2D eigenvalue weighted by Gasteiger charge is -2.19. The molecule has 118 valence electrons. The highest BCUT2D eigenvalue weighted by Crippen LogP contribution is 2.26. The summed E-state index contributed by atoms with van der Waals surface area (Å²) in [5.41, 5.74) is 3.54. The third kappa shape index (κ3) is 4.33. The van der Waals surface area contributed by atoms with Gasteiger partial charge in [0.25, 0.3) is 0 Å². The summed E-state index contributed by atoms with van der Waals surface area (Å²) in [5, 5.41) is 12.0. The standard InChI is InChI=1S/C19H20N2O2/c1-13-6-5-7-16(17(13)12-20)14-8-10-15(11-9-14)21-18(22)23-19(2,3)4/h5-11H,1-4H3,(H,21,22). The van der Waals surface area contributed by atoms with Gasteiger partial charge in [-0.15, -0.1) is 0 Å². The first-order valence-electron chi connectivity index (χ1n) is 7.40. The van der Waals surface area contributed by atoms with Crippen molar-refractivity contribution in [2.75, 3.05) is 5.32 Å². The molecule has 2 rings (SSSR count). The maximum atomic E-state index is 11.8. The van der Waals surface area contributed by atoms with Crippen LogP contribution in [0.4, 0.5) is 10.5 Å². The Bertz CT molecular complexity index is 750. The fourth-order valence-electron chi connectivity index (χ4n) is 2.21. The third-order valence-electron chi connectivity index (χ3n) is 3.23. The molecule has 0 aliphatic rings. The molecule has 0 saturated heterocycles. The van der Waals surface area contributed by atoms with E-state index in [1.54, 1.807) is 12.1 Å². The predicted octanol–water partition coefficient (Wildman–Crippen LogP) is 4.88. The molecule has 0 bridgehead atoms. The molecular weight excluding hydrogens is 288 g/mol. The second kappa shape index (κ2) is 6.53. The van der Waals surface area contributed by atoms with Crippen LogP contribution in [0.25, 0.3) is 11.1 Å². The van der Waals surface area contributed by atoms with E-state index >= 15 is 0 Å². The molecule has 1 amide bonds. The molecule has 4 nitrogen and oxygen atoms in total. The summed E-state index contributed by atoms with van der Waals surface area (Å²) in [7, 11) is 0. The van der Waals surface area contributed by atoms with E-state index in [2.05, 4.69) is 11.4 Å². The van der Waals surface area contributed by atoms with Crippen LogP contribution in [-0.2, 0) is 4.74 Å². The van der Waals surface area contributed by atoms with Gasteiger partial charge in [-0.2, -0.15) is 5.26 Å². The number of carbonyl (C=O) groups is 1. The van der Waals surface area contributed by atoms with E-state index in [0.717, 1.165) is 16.7 Å². The van der Waals surface area contributed by atoms with Gasteiger partial charge in [-0.1, -0.05) is 30.3 Å². The van der Waals surface area contributed by atoms with Gasteiger partial charge >= 0.3 is 6.09 Å². The molecule has 0 radical (unpaired) electrons. The van der Waals surface area contributed by atoms with Crippen LogP contribution >= 0.6 is 0 Å². The topological polar surface area (TPSA) is 62.1 Å². The van der Waals surface area contributed by atoms with E-state index in [1.165, 1.54) is 0 Å². The predicted molar refractivity (Wildman–Crippen MR) is 91.2 cm³/mol. The Morgan fingerprint density at radius 2 is 1.78 bits per heavy atom. The molecule has 0 atom stereocenters. The van der Waals surface area contributed by atoms with Crippen molar-refractivity contribution in [2.45, 2.75) is 33.3 Å². The minimum Gasteiger partial charge on any atom is -0.444 e. The summed E-state index contributed by atoms with van der Waals surface area (Å²) in [5.74, 6) is 0. The monoisotopic (exact) mass is 308 g/mol. The van der Waals surface area contributed by atoms with Crippen LogP contribution in [0.2, 0.25) is 0 Å². The molecule has 23 heavy (non-hydrogen) atoms. The number of nitriles is 1. The average molecular weight is 308 g/mol. The number of carbonyl (C=O) groups excluding carboxylic acids is 1. The molecule has 0 aliphatic carbocycles. The first-order chi connectivity index (χ1) is 10.8. The van der Waals surface area contributed by atoms with Crippen molar-refractivity contribution in [2.24, 2.45) is 0 Å². The van der Waals surface area contributed by atoms with Crippen LogP contribution in [0.1, 0.15) is 31.9 Å². The molecule has 2 aromatic carbocycles. The van der Waals surface area contributed by atoms with E-state index in [9.17, 15) is 10.1 Å². The Hall–Kier alpha value is -2.80. The number of rotatable bonds is 2. The van der Waals surface area contributed by atoms with Gasteiger partial charge in [-0.25, -0.2) is 4.79 Å². The first-order valence-corrected chi connectivity index (χ1v) is 7.40. The first kappa shape index (κ1) is 16.6. The fraction of sp³-hybridized carbons (Fsp3) is 0.263. The normalized spacial score (nSPS) is 10.7. The van der Waals surface area contributed by atoms with Gasteiger partial charge in [0.1, 0.15) is 11.7 Å². The summed E-state index contributed by atoms with van der Waals surface area (Å²) < 4.78 is 5.22. The van der Waals surface area contributed by atoms with Crippen molar-refractivity contribution >= 4 is 11.8 Å². The van der Waals surface area contributed by atoms with Crippen molar-refractivity contribution in [1.29, 1.82) is 5.26 Å². The molecule has 0 fully saturated rings. The van der Waals surface area contributed by atoms with Gasteiger partial charge in [0.05, 0.1) is 5.56 Å². The Morgan fingerprint density at radius 3 is 2.35 bits per heavy atom. The number of nitrogens with one attached hydrogen (secondary N) is 1. The van der Waals surface area contributed by atoms with Gasteiger partial charge in [0.15, 0.2) is 0 Å². The largest absolute Gasteiger partial charge is 0.444 e. The summed E-state index contributed by atoms with van der Waals surface area (Å²) in [6.07, 6.45) is -0.487. The Morgan fingerprint density at radius 1 is 1.13 bits per heavy atom. The smallest absolute Gasteiger partial charge is 0.412 e. The number of benzene rings is 2. The van der Waals surface area contributed by atoms with Gasteiger partial charge in [0.2, 0.25) is 0 Å². The van der Waals surface area contributed by atoms with E-state index in [-0.39, 0.29) is 0 Å². The lowest BCUT2D eigenvalue weighted by atomic mass is 9.97. The zero-order chi connectivity index (χ0) is 17.0. The number of amides is 1. The van der Waals surface area contributed by atoms with Crippen molar-refractivity contribution in [1.82, 2.24) is 0 Å². The minimum atomic E-state index is -0.534. The summed E-state index contributed by atoms with van der Waals surface area (Å²) in [4.78, 5) is 11.8. The minimum absolute atomic E-state index is 0.487. The summed E-state index contributed by atoms with van der Waals surface area (Å²) in [6, 6.07) is 15.4. The van der Waals surface area contributed by atoms with Crippen LogP contribution in [0.5, 0.6) is 0 Å². The zero-order valence-electron chi connectivity index (χ0n) is 13.8. The van der Waals surface area contributed by atoms with E-state index in [0.29, 0.717) is 11.3 Å². The second-order valence-corrected chi connectivity index (χ2v) is 6.31. The fourth-order valence-corrected chi connectivity index (χ4v) is 2.21. The Labute approximate surface area is 136 Å². The number of hydrogen-bond acceptors (Lipinski definition) is 3. The summed E-state index contributed by atoms with van der Waals surface area (Å²) >= 11 is 0. The molecule has 2 aromatic rings. The number of hydrogen-bond donors (Lipinski definition) is 1. The zero-order valence-corrected chi connectivity index (χ0v) is 13.8. The molecule has 0 heterocycles. The van der Waals surface area contributed by atoms with Crippen LogP contribution in [0.3, 0.4) is 0 Å². The van der Waals surface area contributed by atoms with Crippen molar-refractivity contribution in [3.8, 4) is 17.2 Å². The highest BCUT2D eigenvalue weighted by molar-refractivity contribution is 5.85. The highest BCUT2D eigenvalue weighted by Gasteiger charge is 2.16. The molecular formula is C19H20N2O2. The second-order valence-electron chi connectivity index (χ2n) is 6.31. The van der Waals surface area contributed by atoms with E-state index in [4.69, 9.17) is 4.74 Å². The van der Waals surface area contributed by atoms with Gasteiger partial charge < -0.3 is 4.74 Å². The van der Waals surface area contributed by atoms with Crippen LogP contribution in [0, 0.1) is 18.3 Å². The SMILES string of the molecule is Cc1cccc(-c2ccc(NC(=O)OC(C)(C)C)cc2)c1C#N. The van der Waals surface area contributed by atoms with Gasteiger partial charge in [-0.3, -0.25) is 5.32 Å². The van der Waals surface area contributed by atoms with Crippen molar-refractivity contribution in [3.05, 3.63) is 53.6 Å². The summed E-state index contributed by atoms with van der Waals surface area (Å²) in [6.45, 7) is 7.37. The highest BCUT2D eigenvalue weighted by atomic mass is 16.6. The lowest BCUT2D eigenvalue weighted by Crippen LogP contribution is -2.27. The molecule has 0 spiro atoms. The van der Waals surface area contributed by atoms with Crippen LogP contribution in [-0.4, -0.2) is 11.7 Å². The number of aryl methyl sites for hydroxylation is 1. The van der Waals surface area contributed by atoms with Gasteiger partial charge in [0, 0.05) is 5.69 Å². The maximum Gasteiger partial charge on any atom is 0.412 e. The average Bonchev–Trinajstić information content (AvgIpc) is 2.45. The van der Waals surface area contributed by atoms with E-state index in [1.807, 2.05) is 58.0 Å². The molecule has 0 aliphatic heterocycles. The van der Waals surface area contributed by atoms with Crippen molar-refractivity contribution < 1.29 is 9.53 Å². The molecule has 0 saturated carbocycles. The number of ether oxygens (including phenoxy) is 1. The quantitative estimate of drug-likeness (QED) is 0.860. The lowest BCUT2D eigenvalue weighted by molar-refractivity contribution is 0.0636. The molecule has 0 aromatic heterocycles. The maximum absolute atomic E-state index is 11.8. The number of anilines is 1. The Kier molecular flexibility index (Phi) is 4.71. The van der Waals surface area contributed by atoms with Crippen LogP contribution < -0.4 is 5.32 Å². The van der Waals surface area contributed by atoms with Crippen LogP contribution in [0.15, 0.2) is 42.5 Å². The molecule has 1 N–H and O–H groups in total. The number of nitrogens with zero attached hydrogens (tertiary/aromatic N) is 1. The van der Waals surface area contributed by atoms with Gasteiger partial charge in [-0.05, 0) is 56.5 Å². The third-order valence-corrected chi connectivity index (χ3v) is 3.23.